The molecule has 1 amide bonds. The van der Waals surface area contributed by atoms with Crippen molar-refractivity contribution in [2.24, 2.45) is 0 Å². The third-order valence-electron chi connectivity index (χ3n) is 3.42. The van der Waals surface area contributed by atoms with Crippen molar-refractivity contribution >= 4 is 11.6 Å². The lowest BCUT2D eigenvalue weighted by Crippen LogP contribution is -2.26. The highest BCUT2D eigenvalue weighted by Crippen LogP contribution is 2.10. The minimum Gasteiger partial charge on any atom is -0.356 e. The smallest absolute Gasteiger partial charge is 0.226 e. The summed E-state index contributed by atoms with van der Waals surface area (Å²) in [6, 6.07) is 4.02. The molecule has 0 radical (unpaired) electrons. The van der Waals surface area contributed by atoms with Crippen molar-refractivity contribution in [1.29, 1.82) is 0 Å². The number of rotatable bonds is 7. The minimum absolute atomic E-state index is 0.0579. The lowest BCUT2D eigenvalue weighted by Gasteiger charge is -2.03. The molecule has 4 nitrogen and oxygen atoms in total. The second-order valence-corrected chi connectivity index (χ2v) is 5.24. The molecule has 0 aliphatic rings. The predicted octanol–water partition coefficient (Wildman–Crippen LogP) is 2.88. The maximum atomic E-state index is 11.8. The molecule has 0 atom stereocenters. The fourth-order valence-electron chi connectivity index (χ4n) is 2.30. The molecule has 0 spiro atoms. The number of amides is 1. The van der Waals surface area contributed by atoms with Gasteiger partial charge in [0.25, 0.3) is 0 Å². The number of aromatic nitrogens is 2. The number of fused-ring (bicyclic) bond motifs is 1. The van der Waals surface area contributed by atoms with Crippen LogP contribution in [0.3, 0.4) is 0 Å². The van der Waals surface area contributed by atoms with Crippen molar-refractivity contribution in [3.8, 4) is 0 Å². The number of carbonyl (C=O) groups is 1. The molecule has 4 heteroatoms. The normalized spacial score (nSPS) is 10.9. The van der Waals surface area contributed by atoms with Crippen molar-refractivity contribution in [2.45, 2.75) is 46.0 Å². The molecule has 0 aromatic carbocycles. The molecule has 0 saturated carbocycles. The molecule has 2 rings (SSSR count). The summed E-state index contributed by atoms with van der Waals surface area (Å²) in [4.78, 5) is 16.4. The third-order valence-corrected chi connectivity index (χ3v) is 3.42. The van der Waals surface area contributed by atoms with Crippen LogP contribution < -0.4 is 5.32 Å². The molecule has 0 saturated heterocycles. The first-order chi connectivity index (χ1) is 9.70. The number of aryl methyl sites for hydroxylation is 1. The predicted molar refractivity (Wildman–Crippen MR) is 80.8 cm³/mol. The van der Waals surface area contributed by atoms with E-state index in [0.29, 0.717) is 6.42 Å². The molecule has 0 bridgehead atoms. The topological polar surface area (TPSA) is 46.4 Å². The van der Waals surface area contributed by atoms with E-state index in [-0.39, 0.29) is 5.91 Å². The molecule has 20 heavy (non-hydrogen) atoms. The van der Waals surface area contributed by atoms with Gasteiger partial charge in [0.1, 0.15) is 5.65 Å². The van der Waals surface area contributed by atoms with E-state index in [1.54, 1.807) is 0 Å². The summed E-state index contributed by atoms with van der Waals surface area (Å²) >= 11 is 0. The fraction of sp³-hybridized carbons (Fsp3) is 0.500. The molecular weight excluding hydrogens is 250 g/mol. The van der Waals surface area contributed by atoms with Gasteiger partial charge in [-0.1, -0.05) is 32.3 Å². The van der Waals surface area contributed by atoms with Crippen molar-refractivity contribution < 1.29 is 4.79 Å². The zero-order chi connectivity index (χ0) is 14.4. The van der Waals surface area contributed by atoms with E-state index in [2.05, 4.69) is 17.2 Å². The number of imidazole rings is 1. The first kappa shape index (κ1) is 14.6. The molecule has 2 heterocycles. The zero-order valence-corrected chi connectivity index (χ0v) is 12.4. The average molecular weight is 273 g/mol. The second kappa shape index (κ2) is 7.08. The monoisotopic (exact) mass is 273 g/mol. The highest BCUT2D eigenvalue weighted by atomic mass is 16.1. The van der Waals surface area contributed by atoms with E-state index >= 15 is 0 Å². The van der Waals surface area contributed by atoms with Gasteiger partial charge in [0.15, 0.2) is 0 Å². The van der Waals surface area contributed by atoms with Crippen LogP contribution in [-0.2, 0) is 11.2 Å². The summed E-state index contributed by atoms with van der Waals surface area (Å²) in [7, 11) is 0. The van der Waals surface area contributed by atoms with Crippen LogP contribution in [0, 0.1) is 6.92 Å². The van der Waals surface area contributed by atoms with Crippen LogP contribution in [0.1, 0.15) is 43.9 Å². The van der Waals surface area contributed by atoms with Gasteiger partial charge in [-0.05, 0) is 25.0 Å². The molecule has 108 valence electrons. The summed E-state index contributed by atoms with van der Waals surface area (Å²) in [6.45, 7) is 4.98. The number of hydrogen-bond acceptors (Lipinski definition) is 2. The van der Waals surface area contributed by atoms with Crippen molar-refractivity contribution in [1.82, 2.24) is 14.7 Å². The van der Waals surface area contributed by atoms with Gasteiger partial charge in [-0.3, -0.25) is 4.79 Å². The maximum absolute atomic E-state index is 11.8. The Kier molecular flexibility index (Phi) is 5.16. The van der Waals surface area contributed by atoms with E-state index in [1.165, 1.54) is 19.3 Å². The summed E-state index contributed by atoms with van der Waals surface area (Å²) in [5.41, 5.74) is 2.88. The first-order valence-corrected chi connectivity index (χ1v) is 7.40. The Labute approximate surface area is 120 Å². The van der Waals surface area contributed by atoms with E-state index in [4.69, 9.17) is 0 Å². The highest BCUT2D eigenvalue weighted by molar-refractivity contribution is 5.78. The Morgan fingerprint density at radius 1 is 1.35 bits per heavy atom. The Balaban J connectivity index is 1.85. The molecule has 1 N–H and O–H groups in total. The van der Waals surface area contributed by atoms with E-state index < -0.39 is 0 Å². The van der Waals surface area contributed by atoms with Gasteiger partial charge in [0.05, 0.1) is 12.1 Å². The van der Waals surface area contributed by atoms with Crippen LogP contribution in [0.4, 0.5) is 0 Å². The van der Waals surface area contributed by atoms with Gasteiger partial charge < -0.3 is 9.72 Å². The molecule has 0 fully saturated rings. The first-order valence-electron chi connectivity index (χ1n) is 7.40. The van der Waals surface area contributed by atoms with E-state index in [0.717, 1.165) is 29.9 Å². The fourth-order valence-corrected chi connectivity index (χ4v) is 2.30. The third kappa shape index (κ3) is 3.83. The van der Waals surface area contributed by atoms with Crippen molar-refractivity contribution in [3.63, 3.8) is 0 Å². The van der Waals surface area contributed by atoms with Crippen LogP contribution in [-0.4, -0.2) is 21.8 Å². The van der Waals surface area contributed by atoms with Crippen molar-refractivity contribution in [2.75, 3.05) is 6.54 Å². The molecule has 0 aliphatic heterocycles. The number of pyridine rings is 1. The summed E-state index contributed by atoms with van der Waals surface area (Å²) in [6.07, 6.45) is 8.94. The van der Waals surface area contributed by atoms with Crippen LogP contribution in [0.15, 0.2) is 24.5 Å². The van der Waals surface area contributed by atoms with Crippen LogP contribution in [0.25, 0.3) is 5.65 Å². The number of nitrogens with zero attached hydrogens (tertiary/aromatic N) is 2. The number of nitrogens with one attached hydrogen (secondary N) is 1. The molecule has 2 aromatic heterocycles. The van der Waals surface area contributed by atoms with Crippen LogP contribution in [0.5, 0.6) is 0 Å². The molecule has 2 aromatic rings. The highest BCUT2D eigenvalue weighted by Gasteiger charge is 2.08. The zero-order valence-electron chi connectivity index (χ0n) is 12.4. The van der Waals surface area contributed by atoms with E-state index in [1.807, 2.05) is 35.9 Å². The van der Waals surface area contributed by atoms with Gasteiger partial charge in [0.2, 0.25) is 5.91 Å². The lowest BCUT2D eigenvalue weighted by molar-refractivity contribution is -0.120. The molecular formula is C16H23N3O. The minimum atomic E-state index is 0.0579. The van der Waals surface area contributed by atoms with Crippen molar-refractivity contribution in [3.05, 3.63) is 35.8 Å². The van der Waals surface area contributed by atoms with Gasteiger partial charge in [-0.2, -0.15) is 0 Å². The van der Waals surface area contributed by atoms with Gasteiger partial charge in [0, 0.05) is 18.9 Å². The number of carbonyl (C=O) groups excluding carboxylic acids is 1. The Morgan fingerprint density at radius 3 is 2.95 bits per heavy atom. The Hall–Kier alpha value is -1.84. The summed E-state index contributed by atoms with van der Waals surface area (Å²) < 4.78 is 1.97. The van der Waals surface area contributed by atoms with Crippen LogP contribution >= 0.6 is 0 Å². The van der Waals surface area contributed by atoms with Gasteiger partial charge in [-0.15, -0.1) is 0 Å². The van der Waals surface area contributed by atoms with E-state index in [9.17, 15) is 4.79 Å². The SMILES string of the molecule is CCCCCCNC(=O)Cc1cn2cccc(C)c2n1. The average Bonchev–Trinajstić information content (AvgIpc) is 2.82. The standard InChI is InChI=1S/C16H23N3O/c1-3-4-5-6-9-17-15(20)11-14-12-19-10-7-8-13(2)16(19)18-14/h7-8,10,12H,3-6,9,11H2,1-2H3,(H,17,20). The van der Waals surface area contributed by atoms with Crippen LogP contribution in [0.2, 0.25) is 0 Å². The number of hydrogen-bond donors (Lipinski definition) is 1. The Bertz CT molecular complexity index is 574. The second-order valence-electron chi connectivity index (χ2n) is 5.24. The maximum Gasteiger partial charge on any atom is 0.226 e. The molecule has 0 aliphatic carbocycles. The summed E-state index contributed by atoms with van der Waals surface area (Å²) in [5.74, 6) is 0.0579. The van der Waals surface area contributed by atoms with Gasteiger partial charge in [-0.25, -0.2) is 4.98 Å². The quantitative estimate of drug-likeness (QED) is 0.788. The molecule has 0 unspecified atom stereocenters. The van der Waals surface area contributed by atoms with Gasteiger partial charge >= 0.3 is 0 Å². The lowest BCUT2D eigenvalue weighted by atomic mass is 10.2. The summed E-state index contributed by atoms with van der Waals surface area (Å²) in [5, 5.41) is 2.96. The number of unbranched alkanes of at least 4 members (excludes halogenated alkanes) is 3. The largest absolute Gasteiger partial charge is 0.356 e. The Morgan fingerprint density at radius 2 is 2.20 bits per heavy atom.